The molecular formula is C16H13BrFNO. The molecule has 2 aromatic carbocycles. The predicted octanol–water partition coefficient (Wildman–Crippen LogP) is 3.92. The molecule has 0 aliphatic carbocycles. The van der Waals surface area contributed by atoms with Gasteiger partial charge in [-0.1, -0.05) is 46.3 Å². The summed E-state index contributed by atoms with van der Waals surface area (Å²) in [6.07, 6.45) is 3.15. The number of carbonyl (C=O) groups excluding carboxylic acids is 1. The normalized spacial score (nSPS) is 10.7. The zero-order valence-electron chi connectivity index (χ0n) is 10.6. The molecule has 0 aliphatic rings. The molecular weight excluding hydrogens is 321 g/mol. The molecule has 2 rings (SSSR count). The molecule has 2 aromatic rings. The van der Waals surface area contributed by atoms with Crippen molar-refractivity contribution in [2.24, 2.45) is 0 Å². The summed E-state index contributed by atoms with van der Waals surface area (Å²) < 4.78 is 14.3. The molecule has 2 nitrogen and oxygen atoms in total. The molecule has 0 fully saturated rings. The molecule has 0 heterocycles. The molecule has 0 aliphatic heterocycles. The number of benzene rings is 2. The predicted molar refractivity (Wildman–Crippen MR) is 81.4 cm³/mol. The SMILES string of the molecule is O=C(C=Cc1ccc(Br)cc1)NCc1ccccc1F. The van der Waals surface area contributed by atoms with Gasteiger partial charge in [0.05, 0.1) is 0 Å². The average molecular weight is 334 g/mol. The molecule has 0 saturated heterocycles. The number of hydrogen-bond acceptors (Lipinski definition) is 1. The van der Waals surface area contributed by atoms with E-state index in [0.717, 1.165) is 10.0 Å². The van der Waals surface area contributed by atoms with Crippen LogP contribution in [-0.4, -0.2) is 5.91 Å². The van der Waals surface area contributed by atoms with E-state index in [1.54, 1.807) is 24.3 Å². The third-order valence-corrected chi connectivity index (χ3v) is 3.24. The van der Waals surface area contributed by atoms with Gasteiger partial charge in [0.1, 0.15) is 5.82 Å². The first-order valence-corrected chi connectivity index (χ1v) is 6.89. The van der Waals surface area contributed by atoms with Gasteiger partial charge in [-0.05, 0) is 29.8 Å². The van der Waals surface area contributed by atoms with Crippen molar-refractivity contribution in [3.8, 4) is 0 Å². The maximum Gasteiger partial charge on any atom is 0.244 e. The van der Waals surface area contributed by atoms with Crippen molar-refractivity contribution in [1.29, 1.82) is 0 Å². The summed E-state index contributed by atoms with van der Waals surface area (Å²) in [6.45, 7) is 0.177. The maximum atomic E-state index is 13.4. The van der Waals surface area contributed by atoms with Crippen molar-refractivity contribution in [2.75, 3.05) is 0 Å². The lowest BCUT2D eigenvalue weighted by atomic mass is 10.2. The van der Waals surface area contributed by atoms with Crippen LogP contribution in [0.1, 0.15) is 11.1 Å². The van der Waals surface area contributed by atoms with Gasteiger partial charge in [-0.2, -0.15) is 0 Å². The molecule has 1 amide bonds. The molecule has 0 aromatic heterocycles. The highest BCUT2D eigenvalue weighted by atomic mass is 79.9. The number of hydrogen-bond donors (Lipinski definition) is 1. The van der Waals surface area contributed by atoms with Crippen LogP contribution in [0, 0.1) is 5.82 Å². The van der Waals surface area contributed by atoms with Gasteiger partial charge in [0.2, 0.25) is 5.91 Å². The molecule has 0 saturated carbocycles. The highest BCUT2D eigenvalue weighted by Gasteiger charge is 2.01. The van der Waals surface area contributed by atoms with Crippen LogP contribution >= 0.6 is 15.9 Å². The minimum absolute atomic E-state index is 0.177. The van der Waals surface area contributed by atoms with Crippen LogP contribution in [-0.2, 0) is 11.3 Å². The Morgan fingerprint density at radius 1 is 1.15 bits per heavy atom. The van der Waals surface area contributed by atoms with E-state index in [9.17, 15) is 9.18 Å². The molecule has 0 radical (unpaired) electrons. The molecule has 1 N–H and O–H groups in total. The van der Waals surface area contributed by atoms with E-state index >= 15 is 0 Å². The molecule has 0 bridgehead atoms. The Hall–Kier alpha value is -1.94. The van der Waals surface area contributed by atoms with Crippen LogP contribution in [0.2, 0.25) is 0 Å². The number of carbonyl (C=O) groups is 1. The minimum Gasteiger partial charge on any atom is -0.348 e. The fraction of sp³-hybridized carbons (Fsp3) is 0.0625. The van der Waals surface area contributed by atoms with Crippen LogP contribution in [0.3, 0.4) is 0 Å². The smallest absolute Gasteiger partial charge is 0.244 e. The van der Waals surface area contributed by atoms with Crippen LogP contribution in [0.5, 0.6) is 0 Å². The van der Waals surface area contributed by atoms with E-state index in [4.69, 9.17) is 0 Å². The van der Waals surface area contributed by atoms with E-state index < -0.39 is 0 Å². The summed E-state index contributed by atoms with van der Waals surface area (Å²) >= 11 is 3.34. The highest BCUT2D eigenvalue weighted by Crippen LogP contribution is 2.11. The Morgan fingerprint density at radius 2 is 1.85 bits per heavy atom. The van der Waals surface area contributed by atoms with Gasteiger partial charge in [0.15, 0.2) is 0 Å². The van der Waals surface area contributed by atoms with Crippen LogP contribution in [0.15, 0.2) is 59.1 Å². The average Bonchev–Trinajstić information content (AvgIpc) is 2.46. The van der Waals surface area contributed by atoms with Crippen molar-refractivity contribution in [3.63, 3.8) is 0 Å². The number of rotatable bonds is 4. The third kappa shape index (κ3) is 4.31. The first-order chi connectivity index (χ1) is 9.65. The van der Waals surface area contributed by atoms with Gasteiger partial charge < -0.3 is 5.32 Å². The van der Waals surface area contributed by atoms with Gasteiger partial charge in [0, 0.05) is 22.7 Å². The lowest BCUT2D eigenvalue weighted by Gasteiger charge is -2.03. The van der Waals surface area contributed by atoms with Crippen molar-refractivity contribution in [2.45, 2.75) is 6.54 Å². The summed E-state index contributed by atoms with van der Waals surface area (Å²) in [5.74, 6) is -0.569. The number of amides is 1. The van der Waals surface area contributed by atoms with Crippen molar-refractivity contribution in [1.82, 2.24) is 5.32 Å². The molecule has 0 spiro atoms. The largest absolute Gasteiger partial charge is 0.348 e. The summed E-state index contributed by atoms with van der Waals surface area (Å²) in [6, 6.07) is 14.0. The molecule has 102 valence electrons. The fourth-order valence-corrected chi connectivity index (χ4v) is 1.89. The molecule has 0 unspecified atom stereocenters. The Kier molecular flexibility index (Phi) is 5.07. The molecule has 4 heteroatoms. The second kappa shape index (κ2) is 7.01. The zero-order chi connectivity index (χ0) is 14.4. The number of nitrogens with one attached hydrogen (secondary N) is 1. The first kappa shape index (κ1) is 14.5. The van der Waals surface area contributed by atoms with E-state index in [0.29, 0.717) is 5.56 Å². The second-order valence-electron chi connectivity index (χ2n) is 4.19. The summed E-state index contributed by atoms with van der Waals surface area (Å²) in [4.78, 5) is 11.6. The van der Waals surface area contributed by atoms with Crippen molar-refractivity contribution in [3.05, 3.63) is 76.0 Å². The van der Waals surface area contributed by atoms with Crippen LogP contribution in [0.4, 0.5) is 4.39 Å². The van der Waals surface area contributed by atoms with Gasteiger partial charge >= 0.3 is 0 Å². The quantitative estimate of drug-likeness (QED) is 0.844. The lowest BCUT2D eigenvalue weighted by molar-refractivity contribution is -0.116. The first-order valence-electron chi connectivity index (χ1n) is 6.10. The summed E-state index contributed by atoms with van der Waals surface area (Å²) in [5, 5.41) is 2.65. The zero-order valence-corrected chi connectivity index (χ0v) is 12.2. The summed E-state index contributed by atoms with van der Waals surface area (Å²) in [5.41, 5.74) is 1.40. The van der Waals surface area contributed by atoms with E-state index in [-0.39, 0.29) is 18.3 Å². The van der Waals surface area contributed by atoms with Gasteiger partial charge in [0.25, 0.3) is 0 Å². The summed E-state index contributed by atoms with van der Waals surface area (Å²) in [7, 11) is 0. The van der Waals surface area contributed by atoms with E-state index in [2.05, 4.69) is 21.2 Å². The Balaban J connectivity index is 1.90. The maximum absolute atomic E-state index is 13.4. The van der Waals surface area contributed by atoms with Gasteiger partial charge in [-0.3, -0.25) is 4.79 Å². The monoisotopic (exact) mass is 333 g/mol. The highest BCUT2D eigenvalue weighted by molar-refractivity contribution is 9.10. The lowest BCUT2D eigenvalue weighted by Crippen LogP contribution is -2.20. The topological polar surface area (TPSA) is 29.1 Å². The standard InChI is InChI=1S/C16H13BrFNO/c17-14-8-5-12(6-9-14)7-10-16(20)19-11-13-3-1-2-4-15(13)18/h1-10H,11H2,(H,19,20). The van der Waals surface area contributed by atoms with Crippen molar-refractivity contribution >= 4 is 27.9 Å². The van der Waals surface area contributed by atoms with Gasteiger partial charge in [-0.15, -0.1) is 0 Å². The second-order valence-corrected chi connectivity index (χ2v) is 5.11. The Bertz CT molecular complexity index is 623. The van der Waals surface area contributed by atoms with E-state index in [1.165, 1.54) is 12.1 Å². The van der Waals surface area contributed by atoms with E-state index in [1.807, 2.05) is 24.3 Å². The Labute approximate surface area is 125 Å². The van der Waals surface area contributed by atoms with Crippen LogP contribution in [0.25, 0.3) is 6.08 Å². The number of halogens is 2. The fourth-order valence-electron chi connectivity index (χ4n) is 1.63. The van der Waals surface area contributed by atoms with Crippen molar-refractivity contribution < 1.29 is 9.18 Å². The minimum atomic E-state index is -0.315. The van der Waals surface area contributed by atoms with Gasteiger partial charge in [-0.25, -0.2) is 4.39 Å². The van der Waals surface area contributed by atoms with Crippen LogP contribution < -0.4 is 5.32 Å². The molecule has 0 atom stereocenters. The third-order valence-electron chi connectivity index (χ3n) is 2.71. The Morgan fingerprint density at radius 3 is 2.55 bits per heavy atom. The molecule has 20 heavy (non-hydrogen) atoms.